The Balaban J connectivity index is 1.89. The van der Waals surface area contributed by atoms with Gasteiger partial charge in [0.1, 0.15) is 12.2 Å². The molecule has 0 aliphatic rings. The second kappa shape index (κ2) is 5.85. The molecule has 118 valence electrons. The van der Waals surface area contributed by atoms with Gasteiger partial charge in [0, 0.05) is 35.7 Å². The number of aryl methyl sites for hydroxylation is 1. The van der Waals surface area contributed by atoms with E-state index in [9.17, 15) is 0 Å². The monoisotopic (exact) mass is 315 g/mol. The number of hydrogen-bond donors (Lipinski definition) is 0. The van der Waals surface area contributed by atoms with E-state index in [0.29, 0.717) is 0 Å². The lowest BCUT2D eigenvalue weighted by Crippen LogP contribution is -2.09. The Bertz CT molecular complexity index is 991. The van der Waals surface area contributed by atoms with Crippen LogP contribution in [0.3, 0.4) is 0 Å². The summed E-state index contributed by atoms with van der Waals surface area (Å²) in [7, 11) is 0. The van der Waals surface area contributed by atoms with Crippen LogP contribution in [0.4, 0.5) is 0 Å². The van der Waals surface area contributed by atoms with Gasteiger partial charge >= 0.3 is 0 Å². The normalized spacial score (nSPS) is 12.4. The van der Waals surface area contributed by atoms with E-state index < -0.39 is 0 Å². The van der Waals surface area contributed by atoms with Crippen LogP contribution >= 0.6 is 0 Å². The summed E-state index contributed by atoms with van der Waals surface area (Å²) >= 11 is 0. The van der Waals surface area contributed by atoms with Gasteiger partial charge in [0.25, 0.3) is 0 Å². The van der Waals surface area contributed by atoms with Crippen molar-refractivity contribution in [2.45, 2.75) is 19.9 Å². The molecule has 1 aromatic carbocycles. The maximum Gasteiger partial charge on any atom is 0.141 e. The standard InChI is InChI=1S/C19H17N5/c1-13-5-6-16(15-4-3-8-21-18(13)15)19-22-10-11-24(19)14(2)17-7-9-20-12-23-17/h3-12,14H,1-2H3/t14-/m0/s1. The molecule has 0 N–H and O–H groups in total. The van der Waals surface area contributed by atoms with Crippen molar-refractivity contribution in [3.8, 4) is 11.4 Å². The lowest BCUT2D eigenvalue weighted by atomic mass is 10.0. The number of rotatable bonds is 3. The Morgan fingerprint density at radius 1 is 0.958 bits per heavy atom. The van der Waals surface area contributed by atoms with Gasteiger partial charge < -0.3 is 4.57 Å². The Morgan fingerprint density at radius 2 is 1.88 bits per heavy atom. The van der Waals surface area contributed by atoms with Crippen LogP contribution in [-0.4, -0.2) is 24.5 Å². The first-order chi connectivity index (χ1) is 11.8. The van der Waals surface area contributed by atoms with Crippen LogP contribution in [0.1, 0.15) is 24.2 Å². The molecule has 5 heteroatoms. The Morgan fingerprint density at radius 3 is 2.71 bits per heavy atom. The van der Waals surface area contributed by atoms with Crippen LogP contribution in [-0.2, 0) is 0 Å². The van der Waals surface area contributed by atoms with Crippen molar-refractivity contribution in [2.75, 3.05) is 0 Å². The maximum absolute atomic E-state index is 4.60. The van der Waals surface area contributed by atoms with E-state index in [1.807, 2.05) is 30.7 Å². The molecule has 0 bridgehead atoms. The summed E-state index contributed by atoms with van der Waals surface area (Å²) in [5.74, 6) is 0.916. The summed E-state index contributed by atoms with van der Waals surface area (Å²) in [6.45, 7) is 4.19. The molecule has 0 aliphatic carbocycles. The lowest BCUT2D eigenvalue weighted by molar-refractivity contribution is 0.625. The number of hydrogen-bond acceptors (Lipinski definition) is 4. The topological polar surface area (TPSA) is 56.5 Å². The lowest BCUT2D eigenvalue weighted by Gasteiger charge is -2.17. The number of fused-ring (bicyclic) bond motifs is 1. The Labute approximate surface area is 140 Å². The predicted octanol–water partition coefficient (Wildman–Crippen LogP) is 3.81. The van der Waals surface area contributed by atoms with Crippen molar-refractivity contribution >= 4 is 10.9 Å². The van der Waals surface area contributed by atoms with E-state index in [4.69, 9.17) is 0 Å². The molecule has 4 aromatic rings. The summed E-state index contributed by atoms with van der Waals surface area (Å²) < 4.78 is 2.14. The highest BCUT2D eigenvalue weighted by Gasteiger charge is 2.16. The minimum Gasteiger partial charge on any atom is -0.322 e. The highest BCUT2D eigenvalue weighted by molar-refractivity contribution is 5.94. The quantitative estimate of drug-likeness (QED) is 0.577. The first-order valence-corrected chi connectivity index (χ1v) is 7.89. The van der Waals surface area contributed by atoms with Gasteiger partial charge in [0.15, 0.2) is 0 Å². The first kappa shape index (κ1) is 14.5. The third-order valence-electron chi connectivity index (χ3n) is 4.33. The molecule has 0 aliphatic heterocycles. The fourth-order valence-electron chi connectivity index (χ4n) is 3.03. The fraction of sp³-hybridized carbons (Fsp3) is 0.158. The van der Waals surface area contributed by atoms with Crippen LogP contribution in [0.2, 0.25) is 0 Å². The average Bonchev–Trinajstić information content (AvgIpc) is 3.12. The molecular weight excluding hydrogens is 298 g/mol. The highest BCUT2D eigenvalue weighted by Crippen LogP contribution is 2.31. The van der Waals surface area contributed by atoms with Gasteiger partial charge in [0.2, 0.25) is 0 Å². The predicted molar refractivity (Wildman–Crippen MR) is 93.5 cm³/mol. The van der Waals surface area contributed by atoms with Crippen molar-refractivity contribution < 1.29 is 0 Å². The Hall–Kier alpha value is -3.08. The second-order valence-electron chi connectivity index (χ2n) is 5.80. The van der Waals surface area contributed by atoms with E-state index >= 15 is 0 Å². The van der Waals surface area contributed by atoms with Gasteiger partial charge in [-0.15, -0.1) is 0 Å². The van der Waals surface area contributed by atoms with Crippen LogP contribution in [0, 0.1) is 6.92 Å². The number of aromatic nitrogens is 5. The summed E-state index contributed by atoms with van der Waals surface area (Å²) in [6, 6.07) is 10.3. The van der Waals surface area contributed by atoms with Crippen molar-refractivity contribution in [2.24, 2.45) is 0 Å². The summed E-state index contributed by atoms with van der Waals surface area (Å²) in [4.78, 5) is 17.5. The van der Waals surface area contributed by atoms with Crippen LogP contribution in [0.15, 0.2) is 61.4 Å². The Kier molecular flexibility index (Phi) is 3.54. The molecule has 0 unspecified atom stereocenters. The second-order valence-corrected chi connectivity index (χ2v) is 5.80. The first-order valence-electron chi connectivity index (χ1n) is 7.89. The fourth-order valence-corrected chi connectivity index (χ4v) is 3.03. The number of pyridine rings is 1. The molecule has 1 atom stereocenters. The SMILES string of the molecule is Cc1ccc(-c2nccn2[C@@H](C)c2ccncn2)c2cccnc12. The molecule has 0 saturated heterocycles. The smallest absolute Gasteiger partial charge is 0.141 e. The zero-order valence-electron chi connectivity index (χ0n) is 13.6. The highest BCUT2D eigenvalue weighted by atomic mass is 15.1. The van der Waals surface area contributed by atoms with E-state index in [0.717, 1.165) is 33.5 Å². The van der Waals surface area contributed by atoms with Gasteiger partial charge in [-0.3, -0.25) is 4.98 Å². The molecule has 0 radical (unpaired) electrons. The van der Waals surface area contributed by atoms with Crippen molar-refractivity contribution in [3.63, 3.8) is 0 Å². The minimum atomic E-state index is 0.0681. The van der Waals surface area contributed by atoms with Crippen LogP contribution in [0.5, 0.6) is 0 Å². The van der Waals surface area contributed by atoms with E-state index in [-0.39, 0.29) is 6.04 Å². The number of imidazole rings is 1. The molecule has 3 heterocycles. The molecule has 0 spiro atoms. The van der Waals surface area contributed by atoms with Crippen LogP contribution < -0.4 is 0 Å². The molecule has 24 heavy (non-hydrogen) atoms. The third-order valence-corrected chi connectivity index (χ3v) is 4.33. The molecular formula is C19H17N5. The maximum atomic E-state index is 4.60. The number of benzene rings is 1. The van der Waals surface area contributed by atoms with E-state index in [1.54, 1.807) is 12.5 Å². The molecule has 5 nitrogen and oxygen atoms in total. The summed E-state index contributed by atoms with van der Waals surface area (Å²) in [6.07, 6.45) is 8.99. The molecule has 0 amide bonds. The summed E-state index contributed by atoms with van der Waals surface area (Å²) in [5, 5.41) is 1.11. The van der Waals surface area contributed by atoms with E-state index in [1.165, 1.54) is 0 Å². The zero-order valence-corrected chi connectivity index (χ0v) is 13.6. The molecule has 0 fully saturated rings. The van der Waals surface area contributed by atoms with Gasteiger partial charge in [-0.2, -0.15) is 0 Å². The van der Waals surface area contributed by atoms with E-state index in [2.05, 4.69) is 56.5 Å². The van der Waals surface area contributed by atoms with Gasteiger partial charge in [0.05, 0.1) is 17.3 Å². The summed E-state index contributed by atoms with van der Waals surface area (Å²) in [5.41, 5.74) is 4.21. The molecule has 4 rings (SSSR count). The van der Waals surface area contributed by atoms with Gasteiger partial charge in [-0.1, -0.05) is 18.2 Å². The van der Waals surface area contributed by atoms with Gasteiger partial charge in [-0.25, -0.2) is 15.0 Å². The average molecular weight is 315 g/mol. The van der Waals surface area contributed by atoms with Crippen molar-refractivity contribution in [1.29, 1.82) is 0 Å². The van der Waals surface area contributed by atoms with Crippen molar-refractivity contribution in [1.82, 2.24) is 24.5 Å². The van der Waals surface area contributed by atoms with Crippen molar-refractivity contribution in [3.05, 3.63) is 72.7 Å². The minimum absolute atomic E-state index is 0.0681. The largest absolute Gasteiger partial charge is 0.322 e. The molecule has 3 aromatic heterocycles. The molecule has 0 saturated carbocycles. The van der Waals surface area contributed by atoms with Gasteiger partial charge in [-0.05, 0) is 31.5 Å². The zero-order chi connectivity index (χ0) is 16.5. The number of nitrogens with zero attached hydrogens (tertiary/aromatic N) is 5. The van der Waals surface area contributed by atoms with Crippen LogP contribution in [0.25, 0.3) is 22.3 Å². The third kappa shape index (κ3) is 2.34.